The van der Waals surface area contributed by atoms with Crippen molar-refractivity contribution in [2.75, 3.05) is 6.61 Å². The molecule has 212 valence electrons. The second-order valence-electron chi connectivity index (χ2n) is 8.90. The van der Waals surface area contributed by atoms with Crippen LogP contribution in [0.4, 0.5) is 0 Å². The van der Waals surface area contributed by atoms with E-state index in [-0.39, 0.29) is 22.0 Å². The second-order valence-corrected chi connectivity index (χ2v) is 10.6. The molecular weight excluding hydrogens is 620 g/mol. The van der Waals surface area contributed by atoms with Crippen LogP contribution in [0.3, 0.4) is 0 Å². The average Bonchev–Trinajstić information content (AvgIpc) is 3.35. The number of H-pyrrole nitrogens is 1. The predicted octanol–water partition coefficient (Wildman–Crippen LogP) is 8.83. The average molecular weight is 641 g/mol. The fraction of sp³-hybridized carbons (Fsp3) is 0.0645. The molecule has 0 bridgehead atoms. The van der Waals surface area contributed by atoms with E-state index >= 15 is 0 Å². The lowest BCUT2D eigenvalue weighted by Gasteiger charge is -2.12. The predicted molar refractivity (Wildman–Crippen MR) is 168 cm³/mol. The molecule has 5 rings (SSSR count). The SMILES string of the molecule is CCOc1cc(C=NNC(=O)c2[nH]c3cc(Cl)cc(Cl)c3c2-c2ccccc2)ccc1OC(=O)c1ccc(Cl)cc1Cl. The zero-order chi connectivity index (χ0) is 29.8. The summed E-state index contributed by atoms with van der Waals surface area (Å²) in [5, 5.41) is 6.22. The van der Waals surface area contributed by atoms with Crippen molar-refractivity contribution in [1.29, 1.82) is 0 Å². The fourth-order valence-corrected chi connectivity index (χ4v) is 5.37. The van der Waals surface area contributed by atoms with E-state index in [0.29, 0.717) is 49.5 Å². The maximum atomic E-state index is 13.3. The van der Waals surface area contributed by atoms with Gasteiger partial charge >= 0.3 is 5.97 Å². The summed E-state index contributed by atoms with van der Waals surface area (Å²) in [6.45, 7) is 2.12. The molecule has 0 aliphatic rings. The second kappa shape index (κ2) is 12.9. The largest absolute Gasteiger partial charge is 0.490 e. The summed E-state index contributed by atoms with van der Waals surface area (Å²) < 4.78 is 11.2. The Morgan fingerprint density at radius 1 is 0.881 bits per heavy atom. The van der Waals surface area contributed by atoms with Crippen molar-refractivity contribution in [3.8, 4) is 22.6 Å². The van der Waals surface area contributed by atoms with Gasteiger partial charge in [-0.05, 0) is 66.6 Å². The molecule has 11 heteroatoms. The molecule has 5 aromatic rings. The highest BCUT2D eigenvalue weighted by Gasteiger charge is 2.22. The van der Waals surface area contributed by atoms with E-state index in [1.54, 1.807) is 43.3 Å². The number of nitrogens with zero attached hydrogens (tertiary/aromatic N) is 1. The maximum absolute atomic E-state index is 13.3. The van der Waals surface area contributed by atoms with Crippen LogP contribution < -0.4 is 14.9 Å². The molecule has 0 spiro atoms. The number of amides is 1. The Hall–Kier alpha value is -4.01. The standard InChI is InChI=1S/C31H21Cl4N3O4/c1-2-41-26-12-17(8-11-25(26)42-31(40)21-10-9-19(32)13-22(21)34)16-36-38-30(39)29-27(18-6-4-3-5-7-18)28-23(35)14-20(33)15-24(28)37-29/h3-16,37H,2H2,1H3,(H,38,39). The maximum Gasteiger partial charge on any atom is 0.345 e. The van der Waals surface area contributed by atoms with Crippen LogP contribution in [0.2, 0.25) is 20.1 Å². The summed E-state index contributed by atoms with van der Waals surface area (Å²) in [5.74, 6) is -0.654. The Balaban J connectivity index is 1.38. The number of esters is 1. The van der Waals surface area contributed by atoms with Crippen LogP contribution in [0.5, 0.6) is 11.5 Å². The highest BCUT2D eigenvalue weighted by Crippen LogP contribution is 2.38. The van der Waals surface area contributed by atoms with Crippen LogP contribution in [0.1, 0.15) is 33.3 Å². The van der Waals surface area contributed by atoms with Gasteiger partial charge < -0.3 is 14.5 Å². The topological polar surface area (TPSA) is 92.8 Å². The minimum atomic E-state index is -0.666. The molecule has 0 fully saturated rings. The number of hydrogen-bond acceptors (Lipinski definition) is 5. The molecule has 1 amide bonds. The van der Waals surface area contributed by atoms with E-state index in [9.17, 15) is 9.59 Å². The summed E-state index contributed by atoms with van der Waals surface area (Å²) >= 11 is 24.8. The van der Waals surface area contributed by atoms with Crippen LogP contribution in [0, 0.1) is 0 Å². The lowest BCUT2D eigenvalue weighted by molar-refractivity contribution is 0.0728. The van der Waals surface area contributed by atoms with Crippen LogP contribution in [-0.2, 0) is 0 Å². The third-order valence-electron chi connectivity index (χ3n) is 6.11. The van der Waals surface area contributed by atoms with Crippen molar-refractivity contribution < 1.29 is 19.1 Å². The number of carbonyl (C=O) groups is 2. The summed E-state index contributed by atoms with van der Waals surface area (Å²) in [6, 6.07) is 22.1. The van der Waals surface area contributed by atoms with Gasteiger partial charge in [-0.25, -0.2) is 10.2 Å². The molecule has 0 saturated carbocycles. The number of carbonyl (C=O) groups excluding carboxylic acids is 2. The number of nitrogens with one attached hydrogen (secondary N) is 2. The summed E-state index contributed by atoms with van der Waals surface area (Å²) in [5.41, 5.74) is 5.62. The quantitative estimate of drug-likeness (QED) is 0.0767. The first kappa shape index (κ1) is 29.5. The Labute approximate surface area is 260 Å². The smallest absolute Gasteiger partial charge is 0.345 e. The minimum Gasteiger partial charge on any atom is -0.490 e. The highest BCUT2D eigenvalue weighted by atomic mass is 35.5. The van der Waals surface area contributed by atoms with E-state index in [4.69, 9.17) is 55.9 Å². The minimum absolute atomic E-state index is 0.160. The van der Waals surface area contributed by atoms with Gasteiger partial charge in [0.05, 0.1) is 28.4 Å². The first-order valence-corrected chi connectivity index (χ1v) is 14.1. The summed E-state index contributed by atoms with van der Waals surface area (Å²) in [4.78, 5) is 29.1. The van der Waals surface area contributed by atoms with E-state index in [1.165, 1.54) is 18.3 Å². The molecule has 1 heterocycles. The van der Waals surface area contributed by atoms with Crippen LogP contribution in [0.25, 0.3) is 22.0 Å². The molecule has 42 heavy (non-hydrogen) atoms. The number of aromatic nitrogens is 1. The van der Waals surface area contributed by atoms with Gasteiger partial charge in [0.2, 0.25) is 0 Å². The summed E-state index contributed by atoms with van der Waals surface area (Å²) in [6.07, 6.45) is 1.44. The van der Waals surface area contributed by atoms with Crippen LogP contribution in [-0.4, -0.2) is 29.7 Å². The number of hydrogen-bond donors (Lipinski definition) is 2. The number of halogens is 4. The number of rotatable bonds is 8. The van der Waals surface area contributed by atoms with Gasteiger partial charge in [-0.3, -0.25) is 4.79 Å². The van der Waals surface area contributed by atoms with Gasteiger partial charge in [-0.15, -0.1) is 0 Å². The number of hydrazone groups is 1. The zero-order valence-electron chi connectivity index (χ0n) is 21.9. The Bertz CT molecular complexity index is 1840. The fourth-order valence-electron chi connectivity index (χ4n) is 4.30. The molecule has 0 saturated heterocycles. The molecule has 0 unspecified atom stereocenters. The van der Waals surface area contributed by atoms with Crippen molar-refractivity contribution in [2.45, 2.75) is 6.92 Å². The van der Waals surface area contributed by atoms with Gasteiger partial charge in [0.1, 0.15) is 5.69 Å². The number of aromatic amines is 1. The van der Waals surface area contributed by atoms with Crippen molar-refractivity contribution >= 4 is 75.4 Å². The first-order valence-electron chi connectivity index (χ1n) is 12.6. The van der Waals surface area contributed by atoms with Crippen molar-refractivity contribution in [2.24, 2.45) is 5.10 Å². The van der Waals surface area contributed by atoms with E-state index in [1.807, 2.05) is 30.3 Å². The van der Waals surface area contributed by atoms with Gasteiger partial charge in [0, 0.05) is 26.5 Å². The highest BCUT2D eigenvalue weighted by molar-refractivity contribution is 6.40. The van der Waals surface area contributed by atoms with E-state index in [0.717, 1.165) is 5.56 Å². The third kappa shape index (κ3) is 6.40. The molecule has 0 radical (unpaired) electrons. The monoisotopic (exact) mass is 639 g/mol. The first-order chi connectivity index (χ1) is 20.2. The molecule has 1 aromatic heterocycles. The molecule has 0 atom stereocenters. The number of ether oxygens (including phenoxy) is 2. The molecule has 7 nitrogen and oxygen atoms in total. The van der Waals surface area contributed by atoms with Gasteiger partial charge in [0.25, 0.3) is 5.91 Å². The van der Waals surface area contributed by atoms with Gasteiger partial charge in [-0.1, -0.05) is 76.7 Å². The molecule has 4 aromatic carbocycles. The van der Waals surface area contributed by atoms with E-state index in [2.05, 4.69) is 15.5 Å². The Morgan fingerprint density at radius 3 is 2.38 bits per heavy atom. The zero-order valence-corrected chi connectivity index (χ0v) is 24.9. The normalized spacial score (nSPS) is 11.2. The number of fused-ring (bicyclic) bond motifs is 1. The van der Waals surface area contributed by atoms with Gasteiger partial charge in [-0.2, -0.15) is 5.10 Å². The van der Waals surface area contributed by atoms with Crippen molar-refractivity contribution in [3.05, 3.63) is 116 Å². The van der Waals surface area contributed by atoms with E-state index < -0.39 is 11.9 Å². The summed E-state index contributed by atoms with van der Waals surface area (Å²) in [7, 11) is 0. The molecule has 0 aliphatic heterocycles. The van der Waals surface area contributed by atoms with Crippen molar-refractivity contribution in [1.82, 2.24) is 10.4 Å². The third-order valence-corrected chi connectivity index (χ3v) is 7.17. The molecule has 2 N–H and O–H groups in total. The molecular formula is C31H21Cl4N3O4. The number of benzene rings is 4. The lowest BCUT2D eigenvalue weighted by atomic mass is 10.0. The Kier molecular flexibility index (Phi) is 9.04. The van der Waals surface area contributed by atoms with Crippen LogP contribution in [0.15, 0.2) is 84.0 Å². The van der Waals surface area contributed by atoms with Gasteiger partial charge in [0.15, 0.2) is 11.5 Å². The molecule has 0 aliphatic carbocycles. The van der Waals surface area contributed by atoms with Crippen molar-refractivity contribution in [3.63, 3.8) is 0 Å². The lowest BCUT2D eigenvalue weighted by Crippen LogP contribution is -2.18. The van der Waals surface area contributed by atoms with Crippen LogP contribution >= 0.6 is 46.4 Å². The Morgan fingerprint density at radius 2 is 1.64 bits per heavy atom.